The van der Waals surface area contributed by atoms with Crippen molar-refractivity contribution in [3.05, 3.63) is 153 Å². The molecule has 3 aliphatic rings. The second kappa shape index (κ2) is 33.7. The van der Waals surface area contributed by atoms with Gasteiger partial charge in [-0.15, -0.1) is 10.2 Å². The summed E-state index contributed by atoms with van der Waals surface area (Å²) in [6.45, 7) is 17.6. The van der Waals surface area contributed by atoms with E-state index in [1.807, 2.05) is 114 Å². The van der Waals surface area contributed by atoms with Crippen LogP contribution >= 0.6 is 46.4 Å². The largest absolute Gasteiger partial charge is 0.493 e. The van der Waals surface area contributed by atoms with E-state index in [9.17, 15) is 29.1 Å². The average molecular weight is 1590 g/mol. The summed E-state index contributed by atoms with van der Waals surface area (Å²) >= 11 is 28.5. The first-order chi connectivity index (χ1) is 53.0. The van der Waals surface area contributed by atoms with Crippen LogP contribution < -0.4 is 24.3 Å². The van der Waals surface area contributed by atoms with Crippen molar-refractivity contribution in [3.8, 4) is 90.5 Å². The minimum absolute atomic E-state index is 0.0157. The van der Waals surface area contributed by atoms with Crippen molar-refractivity contribution in [2.45, 2.75) is 142 Å². The maximum Gasteiger partial charge on any atom is 0.410 e. The normalized spacial score (nSPS) is 14.5. The fourth-order valence-corrected chi connectivity index (χ4v) is 14.8. The van der Waals surface area contributed by atoms with E-state index in [-0.39, 0.29) is 42.8 Å². The van der Waals surface area contributed by atoms with Crippen LogP contribution in [0.5, 0.6) is 23.3 Å². The summed E-state index contributed by atoms with van der Waals surface area (Å²) < 4.78 is 37.5. The Morgan fingerprint density at radius 2 is 0.973 bits per heavy atom. The summed E-state index contributed by atoms with van der Waals surface area (Å²) in [7, 11) is 6.14. The summed E-state index contributed by atoms with van der Waals surface area (Å²) in [5.41, 5.74) is 7.48. The maximum atomic E-state index is 13.6. The lowest BCUT2D eigenvalue weighted by Gasteiger charge is -2.39. The van der Waals surface area contributed by atoms with Crippen molar-refractivity contribution in [1.82, 2.24) is 74.0 Å². The van der Waals surface area contributed by atoms with Crippen molar-refractivity contribution in [3.63, 3.8) is 0 Å². The summed E-state index contributed by atoms with van der Waals surface area (Å²) in [6.07, 6.45) is 10.5. The van der Waals surface area contributed by atoms with E-state index in [1.54, 1.807) is 89.1 Å². The molecule has 111 heavy (non-hydrogen) atoms. The number of aromatic nitrogens is 10. The van der Waals surface area contributed by atoms with Gasteiger partial charge < -0.3 is 58.4 Å². The molecule has 582 valence electrons. The lowest BCUT2D eigenvalue weighted by Crippen LogP contribution is -2.49. The first kappa shape index (κ1) is 80.2. The van der Waals surface area contributed by atoms with Crippen LogP contribution in [0.2, 0.25) is 20.1 Å². The highest BCUT2D eigenvalue weighted by Crippen LogP contribution is 2.45. The molecule has 31 heteroatoms. The van der Waals surface area contributed by atoms with Crippen molar-refractivity contribution < 1.29 is 57.5 Å². The molecule has 8 aromatic heterocycles. The first-order valence-electron chi connectivity index (χ1n) is 36.2. The van der Waals surface area contributed by atoms with E-state index in [4.69, 9.17) is 84.8 Å². The minimum Gasteiger partial charge on any atom is -0.493 e. The van der Waals surface area contributed by atoms with Gasteiger partial charge in [0.2, 0.25) is 29.4 Å². The second-order valence-corrected chi connectivity index (χ2v) is 30.9. The molecule has 0 atom stereocenters. The molecule has 1 aliphatic carbocycles. The smallest absolute Gasteiger partial charge is 0.410 e. The van der Waals surface area contributed by atoms with Gasteiger partial charge in [-0.1, -0.05) is 82.8 Å². The van der Waals surface area contributed by atoms with E-state index in [0.29, 0.717) is 210 Å². The molecule has 27 nitrogen and oxygen atoms in total. The van der Waals surface area contributed by atoms with Gasteiger partial charge in [0.1, 0.15) is 11.2 Å². The number of ether oxygens (including phenoxy) is 6. The first-order valence-corrected chi connectivity index (χ1v) is 37.7. The van der Waals surface area contributed by atoms with Gasteiger partial charge in [-0.25, -0.2) is 38.6 Å². The third-order valence-electron chi connectivity index (χ3n) is 19.3. The van der Waals surface area contributed by atoms with E-state index < -0.39 is 29.0 Å². The number of aldehydes is 1. The molecule has 1 saturated carbocycles. The number of fused-ring (bicyclic) bond motifs is 2. The average Bonchev–Trinajstić information content (AvgIpc) is 0.875. The second-order valence-electron chi connectivity index (χ2n) is 29.4. The highest BCUT2D eigenvalue weighted by molar-refractivity contribution is 6.40. The van der Waals surface area contributed by atoms with Gasteiger partial charge in [0, 0.05) is 139 Å². The molecule has 2 saturated heterocycles. The fraction of sp³-hybridized carbons (Fsp3) is 0.388. The third-order valence-corrected chi connectivity index (χ3v) is 20.9. The number of nitrogens with one attached hydrogen (secondary N) is 1. The van der Waals surface area contributed by atoms with Crippen molar-refractivity contribution in [2.24, 2.45) is 0 Å². The lowest BCUT2D eigenvalue weighted by atomic mass is 9.99. The number of likely N-dealkylation sites (tertiary alicyclic amines) is 2. The molecule has 2 N–H and O–H groups in total. The summed E-state index contributed by atoms with van der Waals surface area (Å²) in [5.74, 6) is 2.17. The zero-order valence-corrected chi connectivity index (χ0v) is 66.8. The zero-order valence-electron chi connectivity index (χ0n) is 63.7. The monoisotopic (exact) mass is 1590 g/mol. The third kappa shape index (κ3) is 18.4. The predicted octanol–water partition coefficient (Wildman–Crippen LogP) is 14.6. The number of nitrogens with zero attached hydrogens (tertiary/aromatic N) is 14. The molecule has 0 radical (unpaired) electrons. The number of hydrogen-bond donors (Lipinski definition) is 2. The molecule has 0 bridgehead atoms. The van der Waals surface area contributed by atoms with E-state index >= 15 is 0 Å². The van der Waals surface area contributed by atoms with Gasteiger partial charge >= 0.3 is 12.2 Å². The van der Waals surface area contributed by atoms with Crippen molar-refractivity contribution in [1.29, 1.82) is 0 Å². The number of aliphatic hydroxyl groups is 1. The van der Waals surface area contributed by atoms with Gasteiger partial charge in [0.15, 0.2) is 34.9 Å². The van der Waals surface area contributed by atoms with Crippen LogP contribution in [0.3, 0.4) is 0 Å². The summed E-state index contributed by atoms with van der Waals surface area (Å²) in [5, 5.41) is 23.8. The molecule has 2 aliphatic heterocycles. The van der Waals surface area contributed by atoms with Gasteiger partial charge in [-0.3, -0.25) is 24.4 Å². The van der Waals surface area contributed by atoms with Crippen LogP contribution in [-0.2, 0) is 38.7 Å². The van der Waals surface area contributed by atoms with E-state index in [0.717, 1.165) is 12.8 Å². The Hall–Kier alpha value is -10.3. The SMILES string of the molecule is COc1nc(-c2cccc(-c3ccnc(-c4cc(OC)c5nc(C=O)nn5c4)c3Cl)c2Cl)ccc1CN(C(=O)OC(C)(C)C)C1CCN(C(C)=O)CC1.COc1nc(-c2cccc(-c3ccnc(-c4cc(OC)c5nc(CNCC6(O)CC6)nn5c4)c3Cl)c2Cl)ccc1CN(C(=O)OC(C)(C)C)C1CCN(C(C)=O)CC1. The van der Waals surface area contributed by atoms with Gasteiger partial charge in [-0.05, 0) is 129 Å². The topological polar surface area (TPSA) is 298 Å². The molecular weight excluding hydrogens is 1500 g/mol. The summed E-state index contributed by atoms with van der Waals surface area (Å²) in [6, 6.07) is 25.5. The Morgan fingerprint density at radius 1 is 0.559 bits per heavy atom. The molecule has 2 aromatic carbocycles. The highest BCUT2D eigenvalue weighted by atomic mass is 35.5. The highest BCUT2D eigenvalue weighted by Gasteiger charge is 2.40. The van der Waals surface area contributed by atoms with Crippen molar-refractivity contribution >= 4 is 88.0 Å². The van der Waals surface area contributed by atoms with E-state index in [2.05, 4.69) is 35.5 Å². The quantitative estimate of drug-likeness (QED) is 0.0632. The Labute approximate surface area is 662 Å². The van der Waals surface area contributed by atoms with Crippen LogP contribution in [-0.4, -0.2) is 194 Å². The van der Waals surface area contributed by atoms with Crippen molar-refractivity contribution in [2.75, 3.05) is 61.2 Å². The number of halogens is 4. The Morgan fingerprint density at radius 3 is 1.37 bits per heavy atom. The molecule has 0 unspecified atom stereocenters. The molecule has 13 rings (SSSR count). The Bertz CT molecular complexity index is 5160. The molecule has 0 spiro atoms. The van der Waals surface area contributed by atoms with Crippen LogP contribution in [0.4, 0.5) is 9.59 Å². The Kier molecular flexibility index (Phi) is 24.4. The standard InChI is InChI=1S/C42H48Cl2N8O6.C38H39Cl2N7O6/c1-25(53)50-18-13-28(14-19-50)51(40(54)58-41(2,3)4)22-26-10-11-32(47-39(26)57-6)31-9-7-8-29(35(31)43)30-12-17-46-37(36(30)44)27-20-33(56-5)38-48-34(49-52(38)23-27)21-45-24-42(55)15-16-42;1-22(49)45-16-13-25(14-17-45)46(37(50)53-38(2,3)4)19-23-10-11-29(42-36(23)52-6)28-9-7-8-26(32(28)39)27-12-15-41-34(33(27)40)24-18-30(51-5)35-43-31(21-48)44-47(35)20-24/h7-12,17,20,23,28,45,55H,13-16,18-19,21-22,24H2,1-6H3;7-12,15,18,20-21,25H,13-14,16-17,19H2,1-6H3. The molecule has 10 aromatic rings. The van der Waals surface area contributed by atoms with Crippen LogP contribution in [0.15, 0.2) is 110 Å². The molecule has 10 heterocycles. The van der Waals surface area contributed by atoms with E-state index in [1.165, 1.54) is 18.7 Å². The van der Waals surface area contributed by atoms with Crippen LogP contribution in [0.1, 0.15) is 121 Å². The fourth-order valence-electron chi connectivity index (χ4n) is 13.5. The number of amides is 4. The maximum absolute atomic E-state index is 13.6. The Balaban J connectivity index is 0.000000207. The number of benzene rings is 2. The zero-order chi connectivity index (χ0) is 79.4. The number of carbonyl (C=O) groups excluding carboxylic acids is 5. The molecule has 3 fully saturated rings. The number of carbonyl (C=O) groups is 5. The number of hydrogen-bond acceptors (Lipinski definition) is 21. The molecule has 4 amide bonds. The summed E-state index contributed by atoms with van der Waals surface area (Å²) in [4.78, 5) is 97.1. The van der Waals surface area contributed by atoms with Crippen LogP contribution in [0.25, 0.3) is 78.6 Å². The molecular formula is C80H87Cl4N15O12. The number of piperidine rings is 2. The van der Waals surface area contributed by atoms with Gasteiger partial charge in [0.25, 0.3) is 0 Å². The number of rotatable bonds is 21. The van der Waals surface area contributed by atoms with Gasteiger partial charge in [-0.2, -0.15) is 0 Å². The predicted molar refractivity (Wildman–Crippen MR) is 421 cm³/mol. The number of methoxy groups -OCH3 is 4. The lowest BCUT2D eigenvalue weighted by molar-refractivity contribution is -0.131. The van der Waals surface area contributed by atoms with Crippen LogP contribution in [0, 0.1) is 0 Å². The minimum atomic E-state index is -0.694. The number of pyridine rings is 6. The van der Waals surface area contributed by atoms with Gasteiger partial charge in [0.05, 0.1) is 96.5 Å².